The number of ether oxygens (including phenoxy) is 1. The predicted octanol–water partition coefficient (Wildman–Crippen LogP) is 2.27. The van der Waals surface area contributed by atoms with Crippen LogP contribution >= 0.6 is 0 Å². The van der Waals surface area contributed by atoms with Crippen LogP contribution in [-0.4, -0.2) is 29.1 Å². The number of hydrogen-bond acceptors (Lipinski definition) is 4. The Morgan fingerprint density at radius 2 is 2.00 bits per heavy atom. The number of hydrogen-bond donors (Lipinski definition) is 1. The third-order valence-corrected chi connectivity index (χ3v) is 5.17. The summed E-state index contributed by atoms with van der Waals surface area (Å²) in [6.45, 7) is 11.6. The molecule has 4 nitrogen and oxygen atoms in total. The van der Waals surface area contributed by atoms with Gasteiger partial charge in [0.25, 0.3) is 0 Å². The number of esters is 1. The van der Waals surface area contributed by atoms with Gasteiger partial charge in [0.15, 0.2) is 5.78 Å². The standard InChI is InChI=1S/C15H18O4.C2H6/c1-7-6-10-12(8(2)14(18)19-10)13(17)15(3)9(7)4-5-11(15)16;1-2/h4-5,7,9-10,12-13,17H,2,6H2,1,3H3;1-2H3/t7-,9+,10+,12?,13-,15-;/m0./s1. The molecule has 4 heteroatoms. The van der Waals surface area contributed by atoms with Crippen LogP contribution in [0, 0.1) is 23.2 Å². The van der Waals surface area contributed by atoms with Crippen LogP contribution < -0.4 is 0 Å². The summed E-state index contributed by atoms with van der Waals surface area (Å²) in [6.07, 6.45) is 2.83. The Kier molecular flexibility index (Phi) is 4.11. The summed E-state index contributed by atoms with van der Waals surface area (Å²) in [5, 5.41) is 10.7. The van der Waals surface area contributed by atoms with E-state index in [9.17, 15) is 14.7 Å². The normalized spacial score (nSPS) is 44.4. The van der Waals surface area contributed by atoms with Crippen molar-refractivity contribution in [3.05, 3.63) is 24.3 Å². The van der Waals surface area contributed by atoms with Crippen molar-refractivity contribution in [2.45, 2.75) is 46.3 Å². The van der Waals surface area contributed by atoms with E-state index in [0.717, 1.165) is 0 Å². The van der Waals surface area contributed by atoms with Crippen molar-refractivity contribution in [2.75, 3.05) is 0 Å². The minimum absolute atomic E-state index is 0.00731. The average molecular weight is 292 g/mol. The number of fused-ring (bicyclic) bond motifs is 2. The van der Waals surface area contributed by atoms with Gasteiger partial charge in [-0.15, -0.1) is 0 Å². The third kappa shape index (κ3) is 2.08. The maximum absolute atomic E-state index is 12.2. The molecule has 1 heterocycles. The van der Waals surface area contributed by atoms with Crippen LogP contribution in [0.5, 0.6) is 0 Å². The van der Waals surface area contributed by atoms with Crippen molar-refractivity contribution in [1.29, 1.82) is 0 Å². The van der Waals surface area contributed by atoms with Crippen LogP contribution in [0.3, 0.4) is 0 Å². The van der Waals surface area contributed by atoms with Crippen LogP contribution in [0.15, 0.2) is 24.3 Å². The maximum Gasteiger partial charge on any atom is 0.334 e. The van der Waals surface area contributed by atoms with Gasteiger partial charge in [-0.2, -0.15) is 0 Å². The Bertz CT molecular complexity index is 507. The summed E-state index contributed by atoms with van der Waals surface area (Å²) < 4.78 is 5.31. The van der Waals surface area contributed by atoms with Gasteiger partial charge in [-0.1, -0.05) is 33.4 Å². The maximum atomic E-state index is 12.2. The zero-order valence-electron chi connectivity index (χ0n) is 13.1. The molecule has 1 aliphatic heterocycles. The molecule has 3 rings (SSSR count). The Balaban J connectivity index is 0.000000774. The zero-order chi connectivity index (χ0) is 15.9. The van der Waals surface area contributed by atoms with E-state index in [-0.39, 0.29) is 23.7 Å². The predicted molar refractivity (Wildman–Crippen MR) is 79.4 cm³/mol. The molecule has 0 aromatic carbocycles. The largest absolute Gasteiger partial charge is 0.458 e. The van der Waals surface area contributed by atoms with Gasteiger partial charge >= 0.3 is 5.97 Å². The Morgan fingerprint density at radius 3 is 2.62 bits per heavy atom. The highest BCUT2D eigenvalue weighted by atomic mass is 16.6. The van der Waals surface area contributed by atoms with Gasteiger partial charge in [-0.05, 0) is 31.3 Å². The first-order valence-electron chi connectivity index (χ1n) is 7.68. The number of aliphatic hydroxyl groups excluding tert-OH is 1. The highest BCUT2D eigenvalue weighted by Crippen LogP contribution is 2.52. The SMILES string of the molecule is C=C1C(=O)O[C@@H]2C[C@H](C)[C@H]3C=CC(=O)[C@@]3(C)[C@@H](O)C12.CC. The lowest BCUT2D eigenvalue weighted by atomic mass is 9.67. The molecular formula is C17H24O4. The van der Waals surface area contributed by atoms with Crippen molar-refractivity contribution >= 4 is 11.8 Å². The van der Waals surface area contributed by atoms with Crippen molar-refractivity contribution in [3.63, 3.8) is 0 Å². The molecule has 0 spiro atoms. The molecule has 2 fully saturated rings. The minimum Gasteiger partial charge on any atom is -0.458 e. The third-order valence-electron chi connectivity index (χ3n) is 5.17. The smallest absolute Gasteiger partial charge is 0.334 e. The first-order chi connectivity index (χ1) is 9.87. The minimum atomic E-state index is -0.922. The molecular weight excluding hydrogens is 268 g/mol. The van der Waals surface area contributed by atoms with Gasteiger partial charge in [0.2, 0.25) is 0 Å². The van der Waals surface area contributed by atoms with Gasteiger partial charge in [0.05, 0.1) is 17.4 Å². The number of rotatable bonds is 0. The Labute approximate surface area is 125 Å². The molecule has 0 bridgehead atoms. The van der Waals surface area contributed by atoms with Crippen LogP contribution in [-0.2, 0) is 14.3 Å². The van der Waals surface area contributed by atoms with Gasteiger partial charge in [0, 0.05) is 5.57 Å². The number of carbonyl (C=O) groups excluding carboxylic acids is 2. The van der Waals surface area contributed by atoms with E-state index in [4.69, 9.17) is 4.74 Å². The van der Waals surface area contributed by atoms with Crippen molar-refractivity contribution in [3.8, 4) is 0 Å². The fraction of sp³-hybridized carbons (Fsp3) is 0.647. The Morgan fingerprint density at radius 1 is 1.38 bits per heavy atom. The monoisotopic (exact) mass is 292 g/mol. The molecule has 116 valence electrons. The first-order valence-corrected chi connectivity index (χ1v) is 7.68. The van der Waals surface area contributed by atoms with E-state index < -0.39 is 23.4 Å². The summed E-state index contributed by atoms with van der Waals surface area (Å²) in [5.41, 5.74) is -0.568. The molecule has 6 atom stereocenters. The highest BCUT2D eigenvalue weighted by Gasteiger charge is 2.59. The molecule has 1 N–H and O–H groups in total. The summed E-state index contributed by atoms with van der Waals surface area (Å²) in [7, 11) is 0. The molecule has 1 saturated heterocycles. The van der Waals surface area contributed by atoms with Gasteiger partial charge in [-0.25, -0.2) is 4.79 Å². The second-order valence-corrected chi connectivity index (χ2v) is 6.18. The van der Waals surface area contributed by atoms with Crippen molar-refractivity contribution in [1.82, 2.24) is 0 Å². The topological polar surface area (TPSA) is 63.6 Å². The van der Waals surface area contributed by atoms with Crippen LogP contribution in [0.4, 0.5) is 0 Å². The second-order valence-electron chi connectivity index (χ2n) is 6.18. The van der Waals surface area contributed by atoms with Gasteiger partial charge < -0.3 is 9.84 Å². The molecule has 0 aromatic rings. The molecule has 0 radical (unpaired) electrons. The number of ketones is 1. The van der Waals surface area contributed by atoms with Crippen LogP contribution in [0.1, 0.15) is 34.1 Å². The molecule has 1 unspecified atom stereocenters. The van der Waals surface area contributed by atoms with E-state index in [0.29, 0.717) is 12.0 Å². The molecule has 0 aromatic heterocycles. The lowest BCUT2D eigenvalue weighted by Crippen LogP contribution is -2.46. The van der Waals surface area contributed by atoms with Crippen molar-refractivity contribution in [2.24, 2.45) is 23.2 Å². The van der Waals surface area contributed by atoms with E-state index in [1.54, 1.807) is 13.0 Å². The summed E-state index contributed by atoms with van der Waals surface area (Å²) in [6, 6.07) is 0. The summed E-state index contributed by atoms with van der Waals surface area (Å²) in [5.74, 6) is -0.802. The number of allylic oxidation sites excluding steroid dienone is 2. The first kappa shape index (κ1) is 16.0. The number of aliphatic hydroxyl groups is 1. The fourth-order valence-electron chi connectivity index (χ4n) is 3.98. The van der Waals surface area contributed by atoms with E-state index in [1.165, 1.54) is 0 Å². The molecule has 3 aliphatic rings. The lowest BCUT2D eigenvalue weighted by Gasteiger charge is -2.37. The molecule has 2 aliphatic carbocycles. The Hall–Kier alpha value is -1.42. The fourth-order valence-corrected chi connectivity index (χ4v) is 3.98. The van der Waals surface area contributed by atoms with Crippen LogP contribution in [0.25, 0.3) is 0 Å². The zero-order valence-corrected chi connectivity index (χ0v) is 13.1. The average Bonchev–Trinajstić information content (AvgIpc) is 2.88. The van der Waals surface area contributed by atoms with Gasteiger partial charge in [-0.3, -0.25) is 4.79 Å². The van der Waals surface area contributed by atoms with Gasteiger partial charge in [0.1, 0.15) is 6.10 Å². The summed E-state index contributed by atoms with van der Waals surface area (Å²) in [4.78, 5) is 23.9. The van der Waals surface area contributed by atoms with E-state index >= 15 is 0 Å². The van der Waals surface area contributed by atoms with E-state index in [2.05, 4.69) is 6.58 Å². The van der Waals surface area contributed by atoms with E-state index in [1.807, 2.05) is 26.8 Å². The second kappa shape index (κ2) is 5.41. The highest BCUT2D eigenvalue weighted by molar-refractivity contribution is 5.99. The summed E-state index contributed by atoms with van der Waals surface area (Å²) >= 11 is 0. The molecule has 0 amide bonds. The quantitative estimate of drug-likeness (QED) is 0.549. The van der Waals surface area contributed by atoms with Crippen LogP contribution in [0.2, 0.25) is 0 Å². The van der Waals surface area contributed by atoms with Crippen molar-refractivity contribution < 1.29 is 19.4 Å². The lowest BCUT2D eigenvalue weighted by molar-refractivity contribution is -0.140. The number of carbonyl (C=O) groups is 2. The molecule has 1 saturated carbocycles. The molecule has 21 heavy (non-hydrogen) atoms.